The lowest BCUT2D eigenvalue weighted by atomic mass is 9.65. The van der Waals surface area contributed by atoms with Gasteiger partial charge in [-0.2, -0.15) is 0 Å². The SMILES string of the molecule is CC(C)C[C@H](CC(=O)CNC(=O)c1cc(Cl)ccc1Cl)B1OC[C@@H](C)NCC(=O)O1. The van der Waals surface area contributed by atoms with Crippen molar-refractivity contribution in [3.05, 3.63) is 33.8 Å². The predicted molar refractivity (Wildman–Crippen MR) is 117 cm³/mol. The molecule has 1 aliphatic heterocycles. The van der Waals surface area contributed by atoms with E-state index in [-0.39, 0.29) is 53.7 Å². The van der Waals surface area contributed by atoms with Crippen LogP contribution in [0.4, 0.5) is 0 Å². The lowest BCUT2D eigenvalue weighted by molar-refractivity contribution is -0.136. The minimum atomic E-state index is -0.800. The third-order valence-corrected chi connectivity index (χ3v) is 5.19. The van der Waals surface area contributed by atoms with Gasteiger partial charge in [-0.15, -0.1) is 0 Å². The number of hydrogen-bond donors (Lipinski definition) is 2. The number of rotatable bonds is 8. The molecule has 0 saturated carbocycles. The first-order valence-corrected chi connectivity index (χ1v) is 10.7. The number of carbonyl (C=O) groups is 3. The second-order valence-electron chi connectivity index (χ2n) is 7.91. The third-order valence-electron chi connectivity index (χ3n) is 4.62. The molecule has 2 atom stereocenters. The fourth-order valence-corrected chi connectivity index (χ4v) is 3.58. The number of amides is 1. The number of hydrogen-bond acceptors (Lipinski definition) is 6. The van der Waals surface area contributed by atoms with Crippen LogP contribution < -0.4 is 10.6 Å². The summed E-state index contributed by atoms with van der Waals surface area (Å²) in [6.45, 7) is 6.25. The van der Waals surface area contributed by atoms with E-state index in [0.29, 0.717) is 18.1 Å². The van der Waals surface area contributed by atoms with Crippen LogP contribution in [0.15, 0.2) is 18.2 Å². The van der Waals surface area contributed by atoms with Gasteiger partial charge >= 0.3 is 13.1 Å². The fourth-order valence-electron chi connectivity index (χ4n) is 3.20. The molecule has 0 spiro atoms. The number of benzene rings is 1. The van der Waals surface area contributed by atoms with E-state index in [0.717, 1.165) is 0 Å². The molecule has 1 aromatic rings. The van der Waals surface area contributed by atoms with E-state index in [2.05, 4.69) is 10.6 Å². The van der Waals surface area contributed by atoms with Crippen LogP contribution in [-0.4, -0.2) is 50.5 Å². The first-order valence-electron chi connectivity index (χ1n) is 9.95. The van der Waals surface area contributed by atoms with Gasteiger partial charge in [-0.3, -0.25) is 14.4 Å². The molecule has 0 aromatic heterocycles. The highest BCUT2D eigenvalue weighted by atomic mass is 35.5. The van der Waals surface area contributed by atoms with Crippen molar-refractivity contribution in [2.45, 2.75) is 45.5 Å². The van der Waals surface area contributed by atoms with Crippen LogP contribution in [0.3, 0.4) is 0 Å². The summed E-state index contributed by atoms with van der Waals surface area (Å²) in [4.78, 5) is 36.9. The molecule has 7 nitrogen and oxygen atoms in total. The Hall–Kier alpha value is -1.61. The van der Waals surface area contributed by atoms with Crippen LogP contribution in [0, 0.1) is 5.92 Å². The first kappa shape index (κ1) is 24.7. The standard InChI is InChI=1S/C20H27BCl2N2O5/c1-12(2)6-14(21-29-11-13(3)24-10-19(27)30-21)7-16(26)9-25-20(28)17-8-15(22)4-5-18(17)23/h4-5,8,12-14,24H,6-7,9-11H2,1-3H3,(H,25,28)/t13-,14-/m1/s1. The summed E-state index contributed by atoms with van der Waals surface area (Å²) in [6, 6.07) is 4.55. The lowest BCUT2D eigenvalue weighted by Gasteiger charge is -2.28. The van der Waals surface area contributed by atoms with Gasteiger partial charge in [0.15, 0.2) is 5.78 Å². The molecule has 10 heteroatoms. The van der Waals surface area contributed by atoms with Crippen molar-refractivity contribution in [1.29, 1.82) is 0 Å². The van der Waals surface area contributed by atoms with Gasteiger partial charge in [0.2, 0.25) is 0 Å². The minimum absolute atomic E-state index is 0.00233. The largest absolute Gasteiger partial charge is 0.531 e. The predicted octanol–water partition coefficient (Wildman–Crippen LogP) is 3.14. The van der Waals surface area contributed by atoms with Crippen molar-refractivity contribution in [2.75, 3.05) is 19.7 Å². The van der Waals surface area contributed by atoms with Gasteiger partial charge in [0, 0.05) is 29.9 Å². The maximum absolute atomic E-state index is 12.6. The Morgan fingerprint density at radius 3 is 2.77 bits per heavy atom. The van der Waals surface area contributed by atoms with E-state index in [1.807, 2.05) is 20.8 Å². The van der Waals surface area contributed by atoms with Crippen LogP contribution in [0.5, 0.6) is 0 Å². The topological polar surface area (TPSA) is 93.7 Å². The van der Waals surface area contributed by atoms with Crippen molar-refractivity contribution >= 4 is 48.0 Å². The van der Waals surface area contributed by atoms with E-state index < -0.39 is 19.0 Å². The van der Waals surface area contributed by atoms with Crippen LogP contribution in [0.1, 0.15) is 44.0 Å². The quantitative estimate of drug-likeness (QED) is 0.583. The highest BCUT2D eigenvalue weighted by Gasteiger charge is 2.37. The summed E-state index contributed by atoms with van der Waals surface area (Å²) in [7, 11) is -0.800. The summed E-state index contributed by atoms with van der Waals surface area (Å²) in [5.74, 6) is -1.13. The zero-order chi connectivity index (χ0) is 22.3. The minimum Gasteiger partial charge on any atom is -0.508 e. The van der Waals surface area contributed by atoms with Gasteiger partial charge in [0.05, 0.1) is 23.7 Å². The highest BCUT2D eigenvalue weighted by Crippen LogP contribution is 2.27. The van der Waals surface area contributed by atoms with Crippen LogP contribution in [0.25, 0.3) is 0 Å². The third kappa shape index (κ3) is 7.91. The zero-order valence-electron chi connectivity index (χ0n) is 17.4. The molecule has 1 aliphatic rings. The van der Waals surface area contributed by atoms with Gasteiger partial charge < -0.3 is 19.9 Å². The number of Topliss-reactive ketones (excluding diaryl/α,β-unsaturated/α-hetero) is 1. The molecule has 2 rings (SSSR count). The Morgan fingerprint density at radius 2 is 2.07 bits per heavy atom. The molecule has 0 bridgehead atoms. The summed E-state index contributed by atoms with van der Waals surface area (Å²) in [6.07, 6.45) is 0.751. The van der Waals surface area contributed by atoms with Crippen LogP contribution in [-0.2, 0) is 18.9 Å². The summed E-state index contributed by atoms with van der Waals surface area (Å²) in [5, 5.41) is 6.20. The molecule has 164 valence electrons. The smallest absolute Gasteiger partial charge is 0.508 e. The Bertz CT molecular complexity index is 778. The van der Waals surface area contributed by atoms with Crippen LogP contribution >= 0.6 is 23.2 Å². The van der Waals surface area contributed by atoms with E-state index in [1.54, 1.807) is 6.07 Å². The second-order valence-corrected chi connectivity index (χ2v) is 8.76. The first-order chi connectivity index (χ1) is 14.2. The molecule has 2 N–H and O–H groups in total. The van der Waals surface area contributed by atoms with Gasteiger partial charge in [-0.1, -0.05) is 37.0 Å². The van der Waals surface area contributed by atoms with Crippen molar-refractivity contribution in [3.63, 3.8) is 0 Å². The van der Waals surface area contributed by atoms with Crippen molar-refractivity contribution in [1.82, 2.24) is 10.6 Å². The van der Waals surface area contributed by atoms with E-state index in [1.165, 1.54) is 12.1 Å². The monoisotopic (exact) mass is 456 g/mol. The van der Waals surface area contributed by atoms with Crippen molar-refractivity contribution < 1.29 is 23.7 Å². The molecule has 0 aliphatic carbocycles. The maximum atomic E-state index is 12.6. The number of nitrogens with one attached hydrogen (secondary N) is 2. The lowest BCUT2D eigenvalue weighted by Crippen LogP contribution is -2.45. The van der Waals surface area contributed by atoms with Gasteiger partial charge in [-0.05, 0) is 37.5 Å². The molecule has 1 fully saturated rings. The molecule has 30 heavy (non-hydrogen) atoms. The molecule has 1 amide bonds. The Balaban J connectivity index is 1.99. The fraction of sp³-hybridized carbons (Fsp3) is 0.550. The zero-order valence-corrected chi connectivity index (χ0v) is 18.9. The van der Waals surface area contributed by atoms with Crippen LogP contribution in [0.2, 0.25) is 15.9 Å². The van der Waals surface area contributed by atoms with E-state index >= 15 is 0 Å². The summed E-state index contributed by atoms with van der Waals surface area (Å²) < 4.78 is 11.2. The number of ketones is 1. The molecular weight excluding hydrogens is 430 g/mol. The Kier molecular flexibility index (Phi) is 9.62. The van der Waals surface area contributed by atoms with Gasteiger partial charge in [-0.25, -0.2) is 0 Å². The van der Waals surface area contributed by atoms with E-state index in [9.17, 15) is 14.4 Å². The molecule has 1 saturated heterocycles. The average Bonchev–Trinajstić information content (AvgIpc) is 2.67. The molecule has 0 unspecified atom stereocenters. The van der Waals surface area contributed by atoms with Crippen molar-refractivity contribution in [3.8, 4) is 0 Å². The Morgan fingerprint density at radius 1 is 1.33 bits per heavy atom. The highest BCUT2D eigenvalue weighted by molar-refractivity contribution is 6.49. The van der Waals surface area contributed by atoms with Crippen molar-refractivity contribution in [2.24, 2.45) is 5.92 Å². The average molecular weight is 457 g/mol. The summed E-state index contributed by atoms with van der Waals surface area (Å²) in [5.41, 5.74) is 0.203. The molecular formula is C20H27BCl2N2O5. The molecule has 1 heterocycles. The summed E-state index contributed by atoms with van der Waals surface area (Å²) >= 11 is 11.9. The molecule has 1 aromatic carbocycles. The molecule has 0 radical (unpaired) electrons. The number of carbonyl (C=O) groups excluding carboxylic acids is 3. The van der Waals surface area contributed by atoms with Gasteiger partial charge in [0.1, 0.15) is 0 Å². The second kappa shape index (κ2) is 11.7. The Labute approximate surface area is 187 Å². The van der Waals surface area contributed by atoms with Gasteiger partial charge in [0.25, 0.3) is 5.91 Å². The number of halogens is 2. The maximum Gasteiger partial charge on any atom is 0.531 e. The van der Waals surface area contributed by atoms with E-state index in [4.69, 9.17) is 32.5 Å². The normalized spacial score (nSPS) is 18.4.